The Balaban J connectivity index is 2.04. The number of hydrogen-bond acceptors (Lipinski definition) is 6. The summed E-state index contributed by atoms with van der Waals surface area (Å²) in [6.45, 7) is 6.20. The number of urea groups is 1. The molecule has 8 nitrogen and oxygen atoms in total. The number of rotatable bonds is 6. The van der Waals surface area contributed by atoms with E-state index in [1.807, 2.05) is 21.9 Å². The maximum atomic E-state index is 12.6. The Bertz CT molecular complexity index is 690. The number of benzene rings is 1. The van der Waals surface area contributed by atoms with Gasteiger partial charge in [-0.3, -0.25) is 19.9 Å². The van der Waals surface area contributed by atoms with Crippen LogP contribution in [-0.2, 0) is 14.3 Å². The summed E-state index contributed by atoms with van der Waals surface area (Å²) in [5.74, 6) is -0.656. The highest BCUT2D eigenvalue weighted by atomic mass is 35.5. The van der Waals surface area contributed by atoms with Gasteiger partial charge in [0.15, 0.2) is 0 Å². The third-order valence-electron chi connectivity index (χ3n) is 4.80. The summed E-state index contributed by atoms with van der Waals surface area (Å²) in [5.41, 5.74) is 0.821. The second kappa shape index (κ2) is 10.4. The highest BCUT2D eigenvalue weighted by molar-refractivity contribution is 6.30. The molecular formula is C19H27ClN4O4. The van der Waals surface area contributed by atoms with Crippen molar-refractivity contribution in [3.63, 3.8) is 0 Å². The van der Waals surface area contributed by atoms with Crippen LogP contribution in [0.4, 0.5) is 4.79 Å². The first-order valence-electron chi connectivity index (χ1n) is 9.30. The molecule has 9 heteroatoms. The number of hydrogen-bond donors (Lipinski definition) is 2. The first-order chi connectivity index (χ1) is 13.4. The van der Waals surface area contributed by atoms with Crippen molar-refractivity contribution in [2.24, 2.45) is 0 Å². The lowest BCUT2D eigenvalue weighted by Crippen LogP contribution is -2.56. The second-order valence-corrected chi connectivity index (χ2v) is 6.96. The Morgan fingerprint density at radius 1 is 1.11 bits per heavy atom. The molecule has 2 rings (SSSR count). The van der Waals surface area contributed by atoms with E-state index < -0.39 is 18.1 Å². The number of nitrogens with zero attached hydrogens (tertiary/aromatic N) is 2. The Labute approximate surface area is 170 Å². The molecule has 1 heterocycles. The zero-order chi connectivity index (χ0) is 20.7. The van der Waals surface area contributed by atoms with Crippen LogP contribution < -0.4 is 10.6 Å². The zero-order valence-electron chi connectivity index (χ0n) is 16.4. The van der Waals surface area contributed by atoms with Crippen molar-refractivity contribution in [1.29, 1.82) is 0 Å². The predicted octanol–water partition coefficient (Wildman–Crippen LogP) is 1.41. The molecule has 2 atom stereocenters. The number of ether oxygens (including phenoxy) is 1. The molecule has 0 aliphatic carbocycles. The Morgan fingerprint density at radius 3 is 2.21 bits per heavy atom. The van der Waals surface area contributed by atoms with E-state index in [0.717, 1.165) is 5.56 Å². The summed E-state index contributed by atoms with van der Waals surface area (Å²) in [5, 5.41) is 5.26. The van der Waals surface area contributed by atoms with Gasteiger partial charge in [0.2, 0.25) is 5.91 Å². The van der Waals surface area contributed by atoms with Crippen LogP contribution in [0.15, 0.2) is 24.3 Å². The van der Waals surface area contributed by atoms with Crippen LogP contribution in [0.3, 0.4) is 0 Å². The third-order valence-corrected chi connectivity index (χ3v) is 5.05. The van der Waals surface area contributed by atoms with E-state index in [4.69, 9.17) is 16.3 Å². The molecule has 2 N–H and O–H groups in total. The van der Waals surface area contributed by atoms with Crippen LogP contribution in [0.1, 0.15) is 25.5 Å². The third kappa shape index (κ3) is 5.67. The molecule has 1 fully saturated rings. The standard InChI is InChI=1S/C19H27ClN4O4/c1-4-28-18(26)16(14-5-7-15(20)8-6-14)24-11-9-23(10-12-24)13(2)17(25)22-19(27)21-3/h5-8,13,16H,4,9-12H2,1-3H3,(H2,21,22,25,27). The van der Waals surface area contributed by atoms with Crippen LogP contribution in [0.5, 0.6) is 0 Å². The van der Waals surface area contributed by atoms with Gasteiger partial charge in [-0.15, -0.1) is 0 Å². The summed E-state index contributed by atoms with van der Waals surface area (Å²) in [4.78, 5) is 40.1. The lowest BCUT2D eigenvalue weighted by atomic mass is 10.0. The molecule has 2 unspecified atom stereocenters. The smallest absolute Gasteiger partial charge is 0.328 e. The van der Waals surface area contributed by atoms with Crippen molar-refractivity contribution in [2.45, 2.75) is 25.9 Å². The maximum Gasteiger partial charge on any atom is 0.328 e. The van der Waals surface area contributed by atoms with Gasteiger partial charge in [-0.25, -0.2) is 9.59 Å². The SMILES string of the molecule is CCOC(=O)C(c1ccc(Cl)cc1)N1CCN(C(C)C(=O)NC(=O)NC)CC1. The van der Waals surface area contributed by atoms with E-state index in [1.165, 1.54) is 7.05 Å². The largest absolute Gasteiger partial charge is 0.465 e. The van der Waals surface area contributed by atoms with Crippen molar-refractivity contribution in [1.82, 2.24) is 20.4 Å². The van der Waals surface area contributed by atoms with Gasteiger partial charge in [0.25, 0.3) is 0 Å². The molecule has 0 bridgehead atoms. The fourth-order valence-corrected chi connectivity index (χ4v) is 3.32. The summed E-state index contributed by atoms with van der Waals surface area (Å²) in [6, 6.07) is 5.67. The number of imide groups is 1. The van der Waals surface area contributed by atoms with Crippen LogP contribution in [0, 0.1) is 0 Å². The molecule has 28 heavy (non-hydrogen) atoms. The summed E-state index contributed by atoms with van der Waals surface area (Å²) < 4.78 is 5.27. The van der Waals surface area contributed by atoms with Gasteiger partial charge in [0.05, 0.1) is 12.6 Å². The molecule has 1 aliphatic heterocycles. The lowest BCUT2D eigenvalue weighted by molar-refractivity contribution is -0.151. The van der Waals surface area contributed by atoms with Crippen LogP contribution >= 0.6 is 11.6 Å². The minimum atomic E-state index is -0.527. The average molecular weight is 411 g/mol. The van der Waals surface area contributed by atoms with Crippen molar-refractivity contribution in [3.8, 4) is 0 Å². The van der Waals surface area contributed by atoms with Gasteiger partial charge in [-0.1, -0.05) is 23.7 Å². The molecular weight excluding hydrogens is 384 g/mol. The van der Waals surface area contributed by atoms with Gasteiger partial charge < -0.3 is 10.1 Å². The van der Waals surface area contributed by atoms with Gasteiger partial charge in [0, 0.05) is 38.2 Å². The number of esters is 1. The second-order valence-electron chi connectivity index (χ2n) is 6.52. The number of piperazine rings is 1. The number of carbonyl (C=O) groups is 3. The molecule has 0 spiro atoms. The topological polar surface area (TPSA) is 91.0 Å². The molecule has 1 aromatic rings. The lowest BCUT2D eigenvalue weighted by Gasteiger charge is -2.40. The van der Waals surface area contributed by atoms with E-state index in [-0.39, 0.29) is 11.9 Å². The van der Waals surface area contributed by atoms with E-state index >= 15 is 0 Å². The van der Waals surface area contributed by atoms with Crippen molar-refractivity contribution >= 4 is 29.5 Å². The minimum Gasteiger partial charge on any atom is -0.465 e. The Kier molecular flexibility index (Phi) is 8.22. The minimum absolute atomic E-state index is 0.302. The zero-order valence-corrected chi connectivity index (χ0v) is 17.2. The van der Waals surface area contributed by atoms with E-state index in [9.17, 15) is 14.4 Å². The van der Waals surface area contributed by atoms with Crippen molar-refractivity contribution in [3.05, 3.63) is 34.9 Å². The van der Waals surface area contributed by atoms with Gasteiger partial charge in [-0.2, -0.15) is 0 Å². The van der Waals surface area contributed by atoms with E-state index in [0.29, 0.717) is 37.8 Å². The first-order valence-corrected chi connectivity index (χ1v) is 9.68. The fourth-order valence-electron chi connectivity index (χ4n) is 3.19. The van der Waals surface area contributed by atoms with Crippen LogP contribution in [0.25, 0.3) is 0 Å². The number of amides is 3. The Hall–Kier alpha value is -2.16. The molecule has 0 saturated carbocycles. The van der Waals surface area contributed by atoms with Gasteiger partial charge in [0.1, 0.15) is 6.04 Å². The van der Waals surface area contributed by atoms with E-state index in [1.54, 1.807) is 26.0 Å². The molecule has 0 radical (unpaired) electrons. The molecule has 1 aliphatic rings. The normalized spacial score (nSPS) is 17.4. The predicted molar refractivity (Wildman–Crippen MR) is 106 cm³/mol. The fraction of sp³-hybridized carbons (Fsp3) is 0.526. The number of nitrogens with one attached hydrogen (secondary N) is 2. The van der Waals surface area contributed by atoms with Gasteiger partial charge >= 0.3 is 12.0 Å². The Morgan fingerprint density at radius 2 is 1.68 bits per heavy atom. The quantitative estimate of drug-likeness (QED) is 0.689. The maximum absolute atomic E-state index is 12.6. The van der Waals surface area contributed by atoms with Gasteiger partial charge in [-0.05, 0) is 31.5 Å². The van der Waals surface area contributed by atoms with Crippen molar-refractivity contribution in [2.75, 3.05) is 39.8 Å². The summed E-state index contributed by atoms with van der Waals surface area (Å²) >= 11 is 5.97. The van der Waals surface area contributed by atoms with Crippen LogP contribution in [-0.4, -0.2) is 73.6 Å². The molecule has 1 saturated heterocycles. The van der Waals surface area contributed by atoms with E-state index in [2.05, 4.69) is 10.6 Å². The molecule has 1 aromatic carbocycles. The first kappa shape index (κ1) is 22.1. The number of halogens is 1. The molecule has 0 aromatic heterocycles. The average Bonchev–Trinajstić information content (AvgIpc) is 2.69. The molecule has 3 amide bonds. The molecule has 154 valence electrons. The monoisotopic (exact) mass is 410 g/mol. The van der Waals surface area contributed by atoms with Crippen molar-refractivity contribution < 1.29 is 19.1 Å². The summed E-state index contributed by atoms with van der Waals surface area (Å²) in [6.07, 6.45) is 0. The number of carbonyl (C=O) groups excluding carboxylic acids is 3. The van der Waals surface area contributed by atoms with Crippen LogP contribution in [0.2, 0.25) is 5.02 Å². The summed E-state index contributed by atoms with van der Waals surface area (Å²) in [7, 11) is 1.46. The highest BCUT2D eigenvalue weighted by Gasteiger charge is 2.33. The highest BCUT2D eigenvalue weighted by Crippen LogP contribution is 2.25.